The molecule has 0 unspecified atom stereocenters. The molecule has 116 valence electrons. The van der Waals surface area contributed by atoms with E-state index in [0.717, 1.165) is 12.8 Å². The van der Waals surface area contributed by atoms with Gasteiger partial charge in [-0.2, -0.15) is 0 Å². The minimum atomic E-state index is -0.311. The van der Waals surface area contributed by atoms with Gasteiger partial charge in [-0.3, -0.25) is 9.59 Å². The summed E-state index contributed by atoms with van der Waals surface area (Å²) < 4.78 is 4.97. The first-order chi connectivity index (χ1) is 10.1. The molecule has 1 aromatic rings. The lowest BCUT2D eigenvalue weighted by Crippen LogP contribution is -2.26. The van der Waals surface area contributed by atoms with Crippen molar-refractivity contribution in [2.24, 2.45) is 0 Å². The zero-order valence-corrected chi connectivity index (χ0v) is 12.9. The van der Waals surface area contributed by atoms with Gasteiger partial charge in [0, 0.05) is 26.7 Å². The van der Waals surface area contributed by atoms with Crippen molar-refractivity contribution in [3.05, 3.63) is 10.4 Å². The third kappa shape index (κ3) is 3.64. The summed E-state index contributed by atoms with van der Waals surface area (Å²) in [6.45, 7) is 1.03. The molecule has 1 aliphatic carbocycles. The van der Waals surface area contributed by atoms with Gasteiger partial charge >= 0.3 is 0 Å². The molecule has 5 N–H and O–H groups in total. The molecule has 0 saturated heterocycles. The number of carbonyl (C=O) groups excluding carboxylic acids is 2. The Morgan fingerprint density at radius 1 is 1.38 bits per heavy atom. The molecule has 0 radical (unpaired) electrons. The van der Waals surface area contributed by atoms with Gasteiger partial charge in [-0.1, -0.05) is 0 Å². The molecule has 0 bridgehead atoms. The van der Waals surface area contributed by atoms with E-state index in [9.17, 15) is 9.59 Å². The maximum absolute atomic E-state index is 12.2. The monoisotopic (exact) mass is 312 g/mol. The number of ether oxygens (including phenoxy) is 1. The Bertz CT molecular complexity index is 540. The van der Waals surface area contributed by atoms with Gasteiger partial charge in [-0.05, 0) is 12.8 Å². The Kier molecular flexibility index (Phi) is 5.03. The second-order valence-corrected chi connectivity index (χ2v) is 5.82. The first kappa shape index (κ1) is 15.6. The highest BCUT2D eigenvalue weighted by atomic mass is 32.1. The first-order valence-corrected chi connectivity index (χ1v) is 7.58. The van der Waals surface area contributed by atoms with E-state index in [1.807, 2.05) is 0 Å². The summed E-state index contributed by atoms with van der Waals surface area (Å²) in [5.74, 6) is -0.529. The molecular weight excluding hydrogens is 292 g/mol. The Hall–Kier alpha value is -1.80. The number of amides is 2. The minimum absolute atomic E-state index is 0.218. The molecule has 1 fully saturated rings. The van der Waals surface area contributed by atoms with Crippen LogP contribution in [0.15, 0.2) is 0 Å². The summed E-state index contributed by atoms with van der Waals surface area (Å²) in [5, 5.41) is 9.10. The highest BCUT2D eigenvalue weighted by Crippen LogP contribution is 2.36. The highest BCUT2D eigenvalue weighted by molar-refractivity contribution is 7.19. The smallest absolute Gasteiger partial charge is 0.263 e. The van der Waals surface area contributed by atoms with Gasteiger partial charge in [-0.25, -0.2) is 0 Å². The predicted octanol–water partition coefficient (Wildman–Crippen LogP) is 0.640. The van der Waals surface area contributed by atoms with E-state index in [1.54, 1.807) is 7.11 Å². The molecule has 0 spiro atoms. The van der Waals surface area contributed by atoms with Gasteiger partial charge in [0.15, 0.2) is 0 Å². The normalized spacial score (nSPS) is 13.8. The van der Waals surface area contributed by atoms with Crippen molar-refractivity contribution in [3.63, 3.8) is 0 Å². The lowest BCUT2D eigenvalue weighted by atomic mass is 10.2. The largest absolute Gasteiger partial charge is 0.397 e. The minimum Gasteiger partial charge on any atom is -0.397 e. The van der Waals surface area contributed by atoms with Crippen molar-refractivity contribution in [1.82, 2.24) is 10.6 Å². The summed E-state index contributed by atoms with van der Waals surface area (Å²) in [6.07, 6.45) is 2.00. The van der Waals surface area contributed by atoms with Crippen LogP contribution in [-0.4, -0.2) is 45.2 Å². The van der Waals surface area contributed by atoms with Gasteiger partial charge in [0.25, 0.3) is 11.8 Å². The Morgan fingerprint density at radius 2 is 2.10 bits per heavy atom. The SMILES string of the molecule is CNC(=O)c1c(NCCOC)sc(C(=O)NC2CC2)c1N. The number of thiophene rings is 1. The molecule has 1 saturated carbocycles. The fraction of sp³-hybridized carbons (Fsp3) is 0.538. The number of carbonyl (C=O) groups is 2. The Labute approximate surface area is 127 Å². The molecule has 21 heavy (non-hydrogen) atoms. The van der Waals surface area contributed by atoms with Gasteiger partial charge in [0.05, 0.1) is 17.9 Å². The maximum atomic E-state index is 12.2. The second kappa shape index (κ2) is 6.77. The highest BCUT2D eigenvalue weighted by Gasteiger charge is 2.29. The number of nitrogens with one attached hydrogen (secondary N) is 3. The molecule has 0 aliphatic heterocycles. The van der Waals surface area contributed by atoms with Gasteiger partial charge in [0.1, 0.15) is 9.88 Å². The van der Waals surface area contributed by atoms with Gasteiger partial charge < -0.3 is 26.4 Å². The van der Waals surface area contributed by atoms with Crippen LogP contribution in [0.5, 0.6) is 0 Å². The van der Waals surface area contributed by atoms with Crippen LogP contribution in [0.3, 0.4) is 0 Å². The number of nitrogens with two attached hydrogens (primary N) is 1. The lowest BCUT2D eigenvalue weighted by molar-refractivity contribution is 0.0955. The van der Waals surface area contributed by atoms with Crippen molar-refractivity contribution in [2.45, 2.75) is 18.9 Å². The molecule has 7 nitrogen and oxygen atoms in total. The van der Waals surface area contributed by atoms with E-state index in [4.69, 9.17) is 10.5 Å². The average molecular weight is 312 g/mol. The fourth-order valence-corrected chi connectivity index (χ4v) is 2.88. The number of hydrogen-bond donors (Lipinski definition) is 4. The maximum Gasteiger partial charge on any atom is 0.263 e. The van der Waals surface area contributed by atoms with E-state index in [-0.39, 0.29) is 23.5 Å². The van der Waals surface area contributed by atoms with Crippen LogP contribution in [0.25, 0.3) is 0 Å². The summed E-state index contributed by atoms with van der Waals surface area (Å²) >= 11 is 1.19. The number of methoxy groups -OCH3 is 1. The van der Waals surface area contributed by atoms with Gasteiger partial charge in [0.2, 0.25) is 0 Å². The van der Waals surface area contributed by atoms with Crippen LogP contribution >= 0.6 is 11.3 Å². The fourth-order valence-electron chi connectivity index (χ4n) is 1.83. The van der Waals surface area contributed by atoms with Crippen molar-refractivity contribution in [2.75, 3.05) is 38.4 Å². The molecular formula is C13H20N4O3S. The van der Waals surface area contributed by atoms with Crippen LogP contribution in [0.1, 0.15) is 32.9 Å². The number of rotatable bonds is 7. The third-order valence-corrected chi connectivity index (χ3v) is 4.27. The number of hydrogen-bond acceptors (Lipinski definition) is 6. The summed E-state index contributed by atoms with van der Waals surface area (Å²) in [6, 6.07) is 0.243. The van der Waals surface area contributed by atoms with E-state index in [2.05, 4.69) is 16.0 Å². The van der Waals surface area contributed by atoms with Crippen molar-refractivity contribution < 1.29 is 14.3 Å². The molecule has 1 heterocycles. The van der Waals surface area contributed by atoms with Crippen molar-refractivity contribution in [1.29, 1.82) is 0 Å². The quantitative estimate of drug-likeness (QED) is 0.553. The Balaban J connectivity index is 2.24. The van der Waals surface area contributed by atoms with Crippen LogP contribution in [-0.2, 0) is 4.74 Å². The molecule has 1 aromatic heterocycles. The van der Waals surface area contributed by atoms with Gasteiger partial charge in [-0.15, -0.1) is 11.3 Å². The molecule has 2 amide bonds. The van der Waals surface area contributed by atoms with Crippen LogP contribution in [0.2, 0.25) is 0 Å². The zero-order chi connectivity index (χ0) is 15.4. The van der Waals surface area contributed by atoms with E-state index < -0.39 is 0 Å². The zero-order valence-electron chi connectivity index (χ0n) is 12.1. The molecule has 2 rings (SSSR count). The van der Waals surface area contributed by atoms with E-state index >= 15 is 0 Å². The van der Waals surface area contributed by atoms with Crippen LogP contribution in [0.4, 0.5) is 10.7 Å². The predicted molar refractivity (Wildman–Crippen MR) is 83.0 cm³/mol. The summed E-state index contributed by atoms with van der Waals surface area (Å²) in [4.78, 5) is 24.5. The standard InChI is InChI=1S/C13H20N4O3S/c1-15-11(18)8-9(14)10(12(19)17-7-3-4-7)21-13(8)16-5-6-20-2/h7,16H,3-6,14H2,1-2H3,(H,15,18)(H,17,19). The van der Waals surface area contributed by atoms with E-state index in [1.165, 1.54) is 18.4 Å². The molecule has 8 heteroatoms. The van der Waals surface area contributed by atoms with Crippen molar-refractivity contribution in [3.8, 4) is 0 Å². The number of nitrogen functional groups attached to an aromatic ring is 1. The lowest BCUT2D eigenvalue weighted by Gasteiger charge is -2.06. The van der Waals surface area contributed by atoms with Crippen molar-refractivity contribution >= 4 is 33.8 Å². The average Bonchev–Trinajstić information content (AvgIpc) is 3.21. The summed E-state index contributed by atoms with van der Waals surface area (Å²) in [5.41, 5.74) is 6.54. The second-order valence-electron chi connectivity index (χ2n) is 4.80. The molecule has 0 atom stereocenters. The van der Waals surface area contributed by atoms with Crippen LogP contribution in [0, 0.1) is 0 Å². The third-order valence-electron chi connectivity index (χ3n) is 3.11. The molecule has 0 aromatic carbocycles. The Morgan fingerprint density at radius 3 is 2.67 bits per heavy atom. The topological polar surface area (TPSA) is 105 Å². The number of anilines is 2. The molecule has 1 aliphatic rings. The van der Waals surface area contributed by atoms with Crippen LogP contribution < -0.4 is 21.7 Å². The first-order valence-electron chi connectivity index (χ1n) is 6.76. The summed E-state index contributed by atoms with van der Waals surface area (Å²) in [7, 11) is 3.13. The van der Waals surface area contributed by atoms with E-state index in [0.29, 0.717) is 28.6 Å².